The third-order valence-electron chi connectivity index (χ3n) is 4.37. The first-order valence-electron chi connectivity index (χ1n) is 8.38. The van der Waals surface area contributed by atoms with Gasteiger partial charge in [0.2, 0.25) is 0 Å². The maximum Gasteiger partial charge on any atom is 0.165 e. The molecule has 0 amide bonds. The fourth-order valence-corrected chi connectivity index (χ4v) is 4.46. The van der Waals surface area contributed by atoms with E-state index < -0.39 is 9.84 Å². The number of hydrogen-bond donors (Lipinski definition) is 1. The van der Waals surface area contributed by atoms with Crippen LogP contribution in [0.1, 0.15) is 18.5 Å². The van der Waals surface area contributed by atoms with E-state index in [4.69, 9.17) is 0 Å². The van der Waals surface area contributed by atoms with Crippen LogP contribution in [0.15, 0.2) is 30.3 Å². The van der Waals surface area contributed by atoms with Gasteiger partial charge in [0.05, 0.1) is 11.3 Å². The van der Waals surface area contributed by atoms with Gasteiger partial charge in [0.25, 0.3) is 0 Å². The summed E-state index contributed by atoms with van der Waals surface area (Å²) in [4.78, 5) is 11.2. The van der Waals surface area contributed by atoms with E-state index in [-0.39, 0.29) is 17.4 Å². The van der Waals surface area contributed by atoms with Crippen molar-refractivity contribution < 1.29 is 13.5 Å². The molecule has 1 aromatic carbocycles. The summed E-state index contributed by atoms with van der Waals surface area (Å²) >= 11 is 0. The van der Waals surface area contributed by atoms with E-state index in [0.29, 0.717) is 17.9 Å². The van der Waals surface area contributed by atoms with Crippen LogP contribution < -0.4 is 4.90 Å². The molecule has 6 nitrogen and oxygen atoms in total. The van der Waals surface area contributed by atoms with Gasteiger partial charge in [-0.05, 0) is 37.8 Å². The topological polar surface area (TPSA) is 83.4 Å². The molecule has 0 unspecified atom stereocenters. The van der Waals surface area contributed by atoms with E-state index in [0.717, 1.165) is 30.9 Å². The first kappa shape index (κ1) is 17.7. The summed E-state index contributed by atoms with van der Waals surface area (Å²) in [5.41, 5.74) is 1.41. The Labute approximate surface area is 148 Å². The van der Waals surface area contributed by atoms with Crippen molar-refractivity contribution in [2.75, 3.05) is 30.0 Å². The summed E-state index contributed by atoms with van der Waals surface area (Å²) in [6, 6.07) is 8.91. The molecule has 0 bridgehead atoms. The number of anilines is 1. The predicted molar refractivity (Wildman–Crippen MR) is 98.5 cm³/mol. The van der Waals surface area contributed by atoms with Crippen molar-refractivity contribution >= 4 is 15.7 Å². The zero-order chi connectivity index (χ0) is 18.0. The number of phenolic OH excluding ortho intramolecular Hbond substituents is 1. The van der Waals surface area contributed by atoms with Gasteiger partial charge < -0.3 is 10.0 Å². The highest BCUT2D eigenvalue weighted by atomic mass is 32.2. The van der Waals surface area contributed by atoms with Gasteiger partial charge >= 0.3 is 0 Å². The Bertz CT molecular complexity index is 868. The molecule has 3 rings (SSSR count). The van der Waals surface area contributed by atoms with Gasteiger partial charge in [-0.1, -0.05) is 12.1 Å². The molecular formula is C18H23N3O3S. The van der Waals surface area contributed by atoms with Crippen molar-refractivity contribution in [3.8, 4) is 17.1 Å². The Balaban J connectivity index is 1.89. The zero-order valence-electron chi connectivity index (χ0n) is 14.5. The Morgan fingerprint density at radius 1 is 1.28 bits per heavy atom. The lowest BCUT2D eigenvalue weighted by Gasteiger charge is -2.33. The highest BCUT2D eigenvalue weighted by Crippen LogP contribution is 2.29. The second-order valence-electron chi connectivity index (χ2n) is 6.75. The number of aromatic nitrogens is 2. The van der Waals surface area contributed by atoms with E-state index in [9.17, 15) is 13.5 Å². The highest BCUT2D eigenvalue weighted by Gasteiger charge is 2.24. The number of aryl methyl sites for hydroxylation is 1. The minimum Gasteiger partial charge on any atom is -0.507 e. The standard InChI is InChI=1S/C18H23N3O3S/c1-13-10-17(20-18(19-13)15-7-3-4-8-16(15)22)21-9-5-6-14(11-21)12-25(2,23)24/h3-4,7-8,10,14,22H,5-6,9,11-12H2,1-2H3/t14-/m0/s1. The van der Waals surface area contributed by atoms with Crippen LogP contribution in [-0.2, 0) is 9.84 Å². The van der Waals surface area contributed by atoms with E-state index in [2.05, 4.69) is 14.9 Å². The van der Waals surface area contributed by atoms with Gasteiger partial charge in [0.15, 0.2) is 5.82 Å². The number of benzene rings is 1. The fourth-order valence-electron chi connectivity index (χ4n) is 3.33. The minimum atomic E-state index is -2.99. The average Bonchev–Trinajstić information content (AvgIpc) is 2.53. The molecule has 1 saturated heterocycles. The van der Waals surface area contributed by atoms with Crippen LogP contribution in [0.25, 0.3) is 11.4 Å². The van der Waals surface area contributed by atoms with Crippen molar-refractivity contribution in [2.24, 2.45) is 5.92 Å². The lowest BCUT2D eigenvalue weighted by Crippen LogP contribution is -2.38. The smallest absolute Gasteiger partial charge is 0.165 e. The van der Waals surface area contributed by atoms with E-state index >= 15 is 0 Å². The Kier molecular flexibility index (Phi) is 4.94. The maximum absolute atomic E-state index is 11.6. The van der Waals surface area contributed by atoms with Gasteiger partial charge in [-0.3, -0.25) is 0 Å². The van der Waals surface area contributed by atoms with Crippen molar-refractivity contribution in [3.05, 3.63) is 36.0 Å². The summed E-state index contributed by atoms with van der Waals surface area (Å²) in [5, 5.41) is 10.1. The largest absolute Gasteiger partial charge is 0.507 e. The highest BCUT2D eigenvalue weighted by molar-refractivity contribution is 7.90. The third kappa shape index (κ3) is 4.48. The van der Waals surface area contributed by atoms with Crippen molar-refractivity contribution in [1.29, 1.82) is 0 Å². The molecule has 0 radical (unpaired) electrons. The molecule has 1 atom stereocenters. The summed E-state index contributed by atoms with van der Waals surface area (Å²) in [5.74, 6) is 1.74. The molecule has 134 valence electrons. The molecule has 2 heterocycles. The molecule has 1 N–H and O–H groups in total. The molecule has 2 aromatic rings. The lowest BCUT2D eigenvalue weighted by molar-refractivity contribution is 0.442. The van der Waals surface area contributed by atoms with Crippen LogP contribution in [-0.4, -0.2) is 48.6 Å². The molecule has 7 heteroatoms. The van der Waals surface area contributed by atoms with Gasteiger partial charge in [-0.25, -0.2) is 18.4 Å². The molecule has 1 aliphatic rings. The molecule has 25 heavy (non-hydrogen) atoms. The van der Waals surface area contributed by atoms with Crippen LogP contribution in [0.5, 0.6) is 5.75 Å². The number of sulfone groups is 1. The van der Waals surface area contributed by atoms with Crippen LogP contribution in [0.3, 0.4) is 0 Å². The first-order chi connectivity index (χ1) is 11.8. The summed E-state index contributed by atoms with van der Waals surface area (Å²) in [6.07, 6.45) is 3.15. The number of piperidine rings is 1. The normalized spacial score (nSPS) is 18.3. The Morgan fingerprint density at radius 2 is 2.04 bits per heavy atom. The monoisotopic (exact) mass is 361 g/mol. The van der Waals surface area contributed by atoms with Crippen molar-refractivity contribution in [1.82, 2.24) is 9.97 Å². The van der Waals surface area contributed by atoms with Crippen molar-refractivity contribution in [2.45, 2.75) is 19.8 Å². The minimum absolute atomic E-state index is 0.118. The summed E-state index contributed by atoms with van der Waals surface area (Å²) < 4.78 is 23.2. The quantitative estimate of drug-likeness (QED) is 0.900. The van der Waals surface area contributed by atoms with Crippen LogP contribution in [0.2, 0.25) is 0 Å². The Morgan fingerprint density at radius 3 is 2.76 bits per heavy atom. The number of aromatic hydroxyl groups is 1. The third-order valence-corrected chi connectivity index (χ3v) is 5.44. The molecule has 0 aliphatic carbocycles. The van der Waals surface area contributed by atoms with Gasteiger partial charge in [0, 0.05) is 31.1 Å². The lowest BCUT2D eigenvalue weighted by atomic mass is 10.00. The van der Waals surface area contributed by atoms with Crippen LogP contribution >= 0.6 is 0 Å². The first-order valence-corrected chi connectivity index (χ1v) is 10.4. The van der Waals surface area contributed by atoms with E-state index in [1.807, 2.05) is 19.1 Å². The van der Waals surface area contributed by atoms with Gasteiger partial charge in [-0.15, -0.1) is 0 Å². The molecular weight excluding hydrogens is 338 g/mol. The number of hydrogen-bond acceptors (Lipinski definition) is 6. The van der Waals surface area contributed by atoms with Crippen LogP contribution in [0, 0.1) is 12.8 Å². The van der Waals surface area contributed by atoms with E-state index in [1.165, 1.54) is 6.26 Å². The predicted octanol–water partition coefficient (Wildman–Crippen LogP) is 2.42. The average molecular weight is 361 g/mol. The number of rotatable bonds is 4. The van der Waals surface area contributed by atoms with Crippen molar-refractivity contribution in [3.63, 3.8) is 0 Å². The van der Waals surface area contributed by atoms with E-state index in [1.54, 1.807) is 18.2 Å². The zero-order valence-corrected chi connectivity index (χ0v) is 15.3. The summed E-state index contributed by atoms with van der Waals surface area (Å²) in [7, 11) is -2.99. The molecule has 1 aromatic heterocycles. The molecule has 0 spiro atoms. The molecule has 1 aliphatic heterocycles. The van der Waals surface area contributed by atoms with Gasteiger partial charge in [-0.2, -0.15) is 0 Å². The number of nitrogens with zero attached hydrogens (tertiary/aromatic N) is 3. The second kappa shape index (κ2) is 7.00. The molecule has 0 saturated carbocycles. The number of para-hydroxylation sites is 1. The van der Waals surface area contributed by atoms with Crippen LogP contribution in [0.4, 0.5) is 5.82 Å². The fraction of sp³-hybridized carbons (Fsp3) is 0.444. The van der Waals surface area contributed by atoms with Gasteiger partial charge in [0.1, 0.15) is 21.4 Å². The second-order valence-corrected chi connectivity index (χ2v) is 8.94. The Hall–Kier alpha value is -2.15. The SMILES string of the molecule is Cc1cc(N2CCC[C@H](CS(C)(=O)=O)C2)nc(-c2ccccc2O)n1. The summed E-state index contributed by atoms with van der Waals surface area (Å²) in [6.45, 7) is 3.41. The number of phenols is 1. The molecule has 1 fully saturated rings. The maximum atomic E-state index is 11.6.